The molecule has 0 aliphatic carbocycles. The number of aromatic hydroxyl groups is 1. The van der Waals surface area contributed by atoms with Crippen LogP contribution >= 0.6 is 0 Å². The van der Waals surface area contributed by atoms with E-state index < -0.39 is 5.63 Å². The number of rotatable bonds is 5. The van der Waals surface area contributed by atoms with Crippen molar-refractivity contribution in [3.63, 3.8) is 0 Å². The summed E-state index contributed by atoms with van der Waals surface area (Å²) < 4.78 is 10.6. The van der Waals surface area contributed by atoms with Gasteiger partial charge >= 0.3 is 5.63 Å². The quantitative estimate of drug-likeness (QED) is 0.519. The molecular weight excluding hydrogens is 274 g/mol. The number of hydrogen-bond donors (Lipinski definition) is 1. The average molecular weight is 291 g/mol. The van der Waals surface area contributed by atoms with Gasteiger partial charge in [-0.3, -0.25) is 0 Å². The third-order valence-electron chi connectivity index (χ3n) is 3.04. The van der Waals surface area contributed by atoms with Gasteiger partial charge in [0.1, 0.15) is 29.7 Å². The molecule has 112 valence electrons. The molecule has 0 fully saturated rings. The van der Waals surface area contributed by atoms with Crippen LogP contribution in [0.4, 0.5) is 0 Å². The van der Waals surface area contributed by atoms with Crippen molar-refractivity contribution in [2.45, 2.75) is 13.8 Å². The van der Waals surface area contributed by atoms with Gasteiger partial charge in [-0.1, -0.05) is 17.3 Å². The number of nitrogens with zero attached hydrogens (tertiary/aromatic N) is 1. The van der Waals surface area contributed by atoms with Crippen LogP contribution in [-0.4, -0.2) is 31.1 Å². The van der Waals surface area contributed by atoms with Gasteiger partial charge in [-0.2, -0.15) is 0 Å². The van der Waals surface area contributed by atoms with E-state index in [0.717, 1.165) is 5.56 Å². The van der Waals surface area contributed by atoms with Crippen molar-refractivity contribution < 1.29 is 19.1 Å². The van der Waals surface area contributed by atoms with Crippen LogP contribution in [-0.2, 0) is 9.57 Å². The van der Waals surface area contributed by atoms with Crippen molar-refractivity contribution in [1.29, 1.82) is 0 Å². The Morgan fingerprint density at radius 3 is 2.86 bits per heavy atom. The number of aryl methyl sites for hydroxylation is 1. The van der Waals surface area contributed by atoms with Crippen LogP contribution in [0.5, 0.6) is 5.75 Å². The highest BCUT2D eigenvalue weighted by molar-refractivity contribution is 6.06. The molecule has 1 aromatic heterocycles. The first kappa shape index (κ1) is 15.1. The van der Waals surface area contributed by atoms with E-state index >= 15 is 0 Å². The second-order valence-electron chi connectivity index (χ2n) is 4.42. The van der Waals surface area contributed by atoms with Crippen LogP contribution in [0, 0.1) is 6.92 Å². The number of hydrogen-bond acceptors (Lipinski definition) is 6. The first-order valence-electron chi connectivity index (χ1n) is 6.53. The maximum Gasteiger partial charge on any atom is 0.349 e. The Hall–Kier alpha value is -2.34. The van der Waals surface area contributed by atoms with E-state index in [2.05, 4.69) is 5.16 Å². The van der Waals surface area contributed by atoms with E-state index in [4.69, 9.17) is 14.0 Å². The number of oxime groups is 1. The molecule has 0 radical (unpaired) electrons. The number of ether oxygens (including phenoxy) is 1. The summed E-state index contributed by atoms with van der Waals surface area (Å²) in [5.74, 6) is -0.180. The van der Waals surface area contributed by atoms with Crippen LogP contribution in [0.2, 0.25) is 0 Å². The Morgan fingerprint density at radius 1 is 1.43 bits per heavy atom. The fourth-order valence-corrected chi connectivity index (χ4v) is 2.06. The highest BCUT2D eigenvalue weighted by Crippen LogP contribution is 2.28. The Morgan fingerprint density at radius 2 is 2.19 bits per heavy atom. The molecule has 0 atom stereocenters. The van der Waals surface area contributed by atoms with Gasteiger partial charge in [0.25, 0.3) is 0 Å². The molecular formula is C15H17NO5. The predicted octanol–water partition coefficient (Wildman–Crippen LogP) is 2.19. The van der Waals surface area contributed by atoms with Crippen molar-refractivity contribution in [3.05, 3.63) is 39.7 Å². The van der Waals surface area contributed by atoms with E-state index in [9.17, 15) is 9.90 Å². The Labute approximate surface area is 121 Å². The molecule has 0 amide bonds. The van der Waals surface area contributed by atoms with Gasteiger partial charge in [-0.25, -0.2) is 4.79 Å². The van der Waals surface area contributed by atoms with Crippen molar-refractivity contribution >= 4 is 16.7 Å². The SMILES string of the molecule is CCOCC(=NOC)c1c(O)c2cccc(C)c2oc1=O. The first-order valence-corrected chi connectivity index (χ1v) is 6.53. The van der Waals surface area contributed by atoms with Crippen molar-refractivity contribution in [2.24, 2.45) is 5.16 Å². The van der Waals surface area contributed by atoms with Gasteiger partial charge in [-0.15, -0.1) is 0 Å². The minimum atomic E-state index is -0.676. The molecule has 0 unspecified atom stereocenters. The Kier molecular flexibility index (Phi) is 4.59. The summed E-state index contributed by atoms with van der Waals surface area (Å²) in [4.78, 5) is 16.9. The first-order chi connectivity index (χ1) is 10.1. The highest BCUT2D eigenvalue weighted by Gasteiger charge is 2.20. The van der Waals surface area contributed by atoms with Gasteiger partial charge in [-0.05, 0) is 25.5 Å². The maximum absolute atomic E-state index is 12.2. The summed E-state index contributed by atoms with van der Waals surface area (Å²) in [6.45, 7) is 4.10. The predicted molar refractivity (Wildman–Crippen MR) is 78.9 cm³/mol. The van der Waals surface area contributed by atoms with E-state index in [1.165, 1.54) is 7.11 Å². The topological polar surface area (TPSA) is 81.3 Å². The third kappa shape index (κ3) is 2.90. The van der Waals surface area contributed by atoms with Gasteiger partial charge in [0.2, 0.25) is 0 Å². The van der Waals surface area contributed by atoms with Crippen LogP contribution in [0.1, 0.15) is 18.1 Å². The zero-order chi connectivity index (χ0) is 15.4. The van der Waals surface area contributed by atoms with Crippen molar-refractivity contribution in [1.82, 2.24) is 0 Å². The minimum Gasteiger partial charge on any atom is -0.506 e. The highest BCUT2D eigenvalue weighted by atomic mass is 16.6. The molecule has 0 saturated carbocycles. The Bertz CT molecular complexity index is 733. The average Bonchev–Trinajstić information content (AvgIpc) is 2.46. The van der Waals surface area contributed by atoms with Crippen LogP contribution in [0.25, 0.3) is 11.0 Å². The van der Waals surface area contributed by atoms with Gasteiger partial charge in [0, 0.05) is 6.61 Å². The summed E-state index contributed by atoms with van der Waals surface area (Å²) in [5.41, 5.74) is 0.598. The lowest BCUT2D eigenvalue weighted by Gasteiger charge is -2.09. The normalized spacial score (nSPS) is 11.9. The fraction of sp³-hybridized carbons (Fsp3) is 0.333. The Balaban J connectivity index is 2.68. The van der Waals surface area contributed by atoms with E-state index in [0.29, 0.717) is 17.6 Å². The number of fused-ring (bicyclic) bond motifs is 1. The standard InChI is InChI=1S/C15H17NO5/c1-4-20-8-11(16-19-3)12-13(17)10-7-5-6-9(2)14(10)21-15(12)18/h5-7,17H,4,8H2,1-3H3. The molecule has 0 aliphatic rings. The monoisotopic (exact) mass is 291 g/mol. The van der Waals surface area contributed by atoms with Gasteiger partial charge < -0.3 is 19.1 Å². The molecule has 0 saturated heterocycles. The zero-order valence-electron chi connectivity index (χ0n) is 12.2. The second kappa shape index (κ2) is 6.41. The van der Waals surface area contributed by atoms with Crippen LogP contribution in [0.15, 0.2) is 32.6 Å². The summed E-state index contributed by atoms with van der Waals surface area (Å²) >= 11 is 0. The third-order valence-corrected chi connectivity index (χ3v) is 3.04. The lowest BCUT2D eigenvalue weighted by Crippen LogP contribution is -2.20. The van der Waals surface area contributed by atoms with Gasteiger partial charge in [0.15, 0.2) is 0 Å². The molecule has 1 N–H and O–H groups in total. The lowest BCUT2D eigenvalue weighted by atomic mass is 10.1. The van der Waals surface area contributed by atoms with E-state index in [1.807, 2.05) is 6.92 Å². The molecule has 0 bridgehead atoms. The second-order valence-corrected chi connectivity index (χ2v) is 4.42. The molecule has 2 rings (SSSR count). The summed E-state index contributed by atoms with van der Waals surface area (Å²) in [5, 5.41) is 14.6. The van der Waals surface area contributed by atoms with Crippen LogP contribution in [0.3, 0.4) is 0 Å². The number of para-hydroxylation sites is 1. The molecule has 21 heavy (non-hydrogen) atoms. The maximum atomic E-state index is 12.2. The van der Waals surface area contributed by atoms with Crippen molar-refractivity contribution in [3.8, 4) is 5.75 Å². The van der Waals surface area contributed by atoms with E-state index in [1.54, 1.807) is 25.1 Å². The summed E-state index contributed by atoms with van der Waals surface area (Å²) in [7, 11) is 1.36. The fourth-order valence-electron chi connectivity index (χ4n) is 2.06. The van der Waals surface area contributed by atoms with Gasteiger partial charge in [0.05, 0.1) is 12.0 Å². The molecule has 0 spiro atoms. The zero-order valence-corrected chi connectivity index (χ0v) is 12.2. The molecule has 6 heteroatoms. The smallest absolute Gasteiger partial charge is 0.349 e. The largest absolute Gasteiger partial charge is 0.506 e. The number of benzene rings is 1. The van der Waals surface area contributed by atoms with E-state index in [-0.39, 0.29) is 23.6 Å². The molecule has 1 aromatic carbocycles. The molecule has 2 aromatic rings. The minimum absolute atomic E-state index is 0.0385. The molecule has 0 aliphatic heterocycles. The summed E-state index contributed by atoms with van der Waals surface area (Å²) in [6, 6.07) is 5.25. The lowest BCUT2D eigenvalue weighted by molar-refractivity contribution is 0.175. The van der Waals surface area contributed by atoms with Crippen LogP contribution < -0.4 is 5.63 Å². The molecule has 1 heterocycles. The molecule has 6 nitrogen and oxygen atoms in total. The summed E-state index contributed by atoms with van der Waals surface area (Å²) in [6.07, 6.45) is 0. The van der Waals surface area contributed by atoms with Crippen molar-refractivity contribution in [2.75, 3.05) is 20.3 Å².